The number of hydrogen-bond donors (Lipinski definition) is 0. The lowest BCUT2D eigenvalue weighted by Gasteiger charge is -2.13. The van der Waals surface area contributed by atoms with Crippen LogP contribution in [0.5, 0.6) is 0 Å². The van der Waals surface area contributed by atoms with Crippen molar-refractivity contribution in [1.29, 1.82) is 0 Å². The first-order valence-electron chi connectivity index (χ1n) is 45.9. The zero-order valence-corrected chi connectivity index (χ0v) is 75.4. The Hall–Kier alpha value is -19.4. The zero-order chi connectivity index (χ0) is 93.5. The van der Waals surface area contributed by atoms with Gasteiger partial charge in [0, 0.05) is 144 Å². The molecule has 140 heavy (non-hydrogen) atoms. The molecule has 0 fully saturated rings. The van der Waals surface area contributed by atoms with Crippen molar-refractivity contribution in [3.05, 3.63) is 492 Å². The largest absolute Gasteiger partial charge is 0.256 e. The van der Waals surface area contributed by atoms with Crippen LogP contribution in [0.3, 0.4) is 0 Å². The van der Waals surface area contributed by atoms with E-state index in [1.165, 1.54) is 0 Å². The van der Waals surface area contributed by atoms with Crippen molar-refractivity contribution in [1.82, 2.24) is 84.7 Å². The Bertz CT molecular complexity index is 7700. The van der Waals surface area contributed by atoms with E-state index in [4.69, 9.17) is 44.9 Å². The summed E-state index contributed by atoms with van der Waals surface area (Å²) in [5.41, 5.74) is 27.0. The Morgan fingerprint density at radius 1 is 0.107 bits per heavy atom. The Morgan fingerprint density at radius 2 is 0.286 bits per heavy atom. The molecule has 11 aromatic heterocycles. The van der Waals surface area contributed by atoms with E-state index in [1.807, 2.05) is 207 Å². The molecule has 24 rings (SSSR count). The quantitative estimate of drug-likeness (QED) is 0.0734. The van der Waals surface area contributed by atoms with Crippen molar-refractivity contribution in [3.63, 3.8) is 0 Å². The van der Waals surface area contributed by atoms with Crippen LogP contribution in [-0.2, 0) is 0 Å². The molecule has 0 N–H and O–H groups in total. The number of rotatable bonds is 19. The minimum absolute atomic E-state index is 0.538. The maximum atomic E-state index is 5.14. The molecule has 11 heterocycles. The second-order valence-corrected chi connectivity index (χ2v) is 33.1. The van der Waals surface area contributed by atoms with Crippen LogP contribution in [0.1, 0.15) is 0 Å². The van der Waals surface area contributed by atoms with Gasteiger partial charge in [-0.1, -0.05) is 267 Å². The molecule has 0 bridgehead atoms. The van der Waals surface area contributed by atoms with Gasteiger partial charge in [-0.05, 0) is 220 Å². The summed E-state index contributed by atoms with van der Waals surface area (Å²) in [6, 6.07) is 149. The SMILES string of the molecule is c1ccc(-c2cc(-c3ccccn3)cc(-c3nc(-c4cccc5ccccc45)nc(-c4cccc5ccccc45)n3)c2)nc1.c1ccc(-c2cccc(-c3nc(-c4cccc(-c5ccccc5)c4)nc(-c4cc(-c5ccccn5)cc(-c5ccccn5)c4)n3)c2)cc1.c1ccc(-c2cccc(-c3nc(-c4cccc(-c5ccccn5)c4)nc(-c4cc(-c5ccccn5)cc(-c5ccccn5)c4)n3)c2)nc1. The van der Waals surface area contributed by atoms with Gasteiger partial charge in [0.1, 0.15) is 0 Å². The monoisotopic (exact) mass is 1800 g/mol. The van der Waals surface area contributed by atoms with Crippen molar-refractivity contribution < 1.29 is 0 Å². The van der Waals surface area contributed by atoms with E-state index in [0.717, 1.165) is 184 Å². The first-order chi connectivity index (χ1) is 69.3. The van der Waals surface area contributed by atoms with Crippen molar-refractivity contribution in [2.45, 2.75) is 0 Å². The summed E-state index contributed by atoms with van der Waals surface area (Å²) in [6.45, 7) is 0. The van der Waals surface area contributed by atoms with Crippen molar-refractivity contribution >= 4 is 21.5 Å². The van der Waals surface area contributed by atoms with Gasteiger partial charge in [0.2, 0.25) is 0 Å². The van der Waals surface area contributed by atoms with E-state index in [-0.39, 0.29) is 0 Å². The first-order valence-corrected chi connectivity index (χ1v) is 45.9. The molecule has 0 saturated heterocycles. The number of fused-ring (bicyclic) bond motifs is 2. The van der Waals surface area contributed by atoms with Gasteiger partial charge in [0.05, 0.1) is 45.6 Å². The molecule has 0 aliphatic rings. The van der Waals surface area contributed by atoms with E-state index in [2.05, 4.69) is 289 Å². The summed E-state index contributed by atoms with van der Waals surface area (Å²) < 4.78 is 0. The normalized spacial score (nSPS) is 11.0. The van der Waals surface area contributed by atoms with Gasteiger partial charge < -0.3 is 0 Å². The van der Waals surface area contributed by atoms with Gasteiger partial charge >= 0.3 is 0 Å². The third-order valence-corrected chi connectivity index (χ3v) is 23.9. The number of hydrogen-bond acceptors (Lipinski definition) is 17. The second-order valence-electron chi connectivity index (χ2n) is 33.1. The molecule has 0 aliphatic heterocycles. The molecule has 0 amide bonds. The van der Waals surface area contributed by atoms with Gasteiger partial charge in [0.15, 0.2) is 52.4 Å². The Labute approximate surface area is 808 Å². The Balaban J connectivity index is 0.000000121. The molecular formula is C123H81N17. The fraction of sp³-hybridized carbons (Fsp3) is 0. The molecule has 0 radical (unpaired) electrons. The van der Waals surface area contributed by atoms with E-state index in [9.17, 15) is 0 Å². The third-order valence-electron chi connectivity index (χ3n) is 23.9. The molecule has 13 aromatic carbocycles. The van der Waals surface area contributed by atoms with E-state index < -0.39 is 0 Å². The molecule has 0 saturated carbocycles. The van der Waals surface area contributed by atoms with Crippen LogP contribution >= 0.6 is 0 Å². The summed E-state index contributed by atoms with van der Waals surface area (Å²) in [5.74, 6) is 5.24. The predicted molar refractivity (Wildman–Crippen MR) is 560 cm³/mol. The van der Waals surface area contributed by atoms with Crippen molar-refractivity contribution in [3.8, 4) is 215 Å². The molecule has 0 atom stereocenters. The van der Waals surface area contributed by atoms with Crippen molar-refractivity contribution in [2.75, 3.05) is 0 Å². The molecule has 24 aromatic rings. The van der Waals surface area contributed by atoms with E-state index in [1.54, 1.807) is 37.2 Å². The highest BCUT2D eigenvalue weighted by Crippen LogP contribution is 2.41. The number of aromatic nitrogens is 17. The van der Waals surface area contributed by atoms with Crippen LogP contribution in [0.2, 0.25) is 0 Å². The van der Waals surface area contributed by atoms with Crippen LogP contribution in [-0.4, -0.2) is 84.7 Å². The Morgan fingerprint density at radius 3 is 0.557 bits per heavy atom. The summed E-state index contributed by atoms with van der Waals surface area (Å²) in [6.07, 6.45) is 14.4. The van der Waals surface area contributed by atoms with Crippen LogP contribution in [0, 0.1) is 0 Å². The van der Waals surface area contributed by atoms with E-state index >= 15 is 0 Å². The Kier molecular flexibility index (Phi) is 24.7. The standard InChI is InChI=1S/C43H29N5.C41H27N7.C39H25N5/c1-3-13-30(14-4-1)32-17-11-19-34(25-32)41-46-42(35-20-12-18-33(26-35)31-15-5-2-6-16-31)48-43(47-41)38-28-36(39-21-7-9-23-44-39)27-37(29-38)40-22-8-10-24-45-40;1-5-19-42-35(15-1)28-11-9-13-30(23-28)39-46-40(31-14-10-12-29(24-31)36-16-2-6-20-43-36)48-41(47-39)34-26-32(37-17-3-7-21-44-37)25-33(27-34)38-18-4-8-22-45-38;1-3-15-31-26(11-1)13-9-17-33(31)38-42-37(43-39(44-38)34-18-10-14-27-12-2-4-16-32(27)34)30-24-28(35-19-5-7-21-40-35)23-29(25-30)36-20-6-8-22-41-36/h1-29H;1-27H;1-25H. The summed E-state index contributed by atoms with van der Waals surface area (Å²) in [4.78, 5) is 82.9. The maximum absolute atomic E-state index is 5.14. The van der Waals surface area contributed by atoms with E-state index in [0.29, 0.717) is 52.4 Å². The van der Waals surface area contributed by atoms with Gasteiger partial charge in [0.25, 0.3) is 0 Å². The minimum atomic E-state index is 0.538. The van der Waals surface area contributed by atoms with Crippen LogP contribution in [0.15, 0.2) is 492 Å². The van der Waals surface area contributed by atoms with Crippen LogP contribution < -0.4 is 0 Å². The smallest absolute Gasteiger partial charge is 0.164 e. The summed E-state index contributed by atoms with van der Waals surface area (Å²) >= 11 is 0. The topological polar surface area (TPSA) is 219 Å². The predicted octanol–water partition coefficient (Wildman–Crippen LogP) is 28.8. The van der Waals surface area contributed by atoms with Crippen LogP contribution in [0.4, 0.5) is 0 Å². The lowest BCUT2D eigenvalue weighted by molar-refractivity contribution is 1.07. The second kappa shape index (κ2) is 40.2. The van der Waals surface area contributed by atoms with Crippen LogP contribution in [0.25, 0.3) is 236 Å². The van der Waals surface area contributed by atoms with Gasteiger partial charge in [-0.15, -0.1) is 0 Å². The average Bonchev–Trinajstić information content (AvgIpc) is 0.765. The first kappa shape index (κ1) is 86.0. The molecule has 17 heteroatoms. The summed E-state index contributed by atoms with van der Waals surface area (Å²) in [5, 5.41) is 4.45. The molecule has 0 unspecified atom stereocenters. The van der Waals surface area contributed by atoms with Gasteiger partial charge in [-0.25, -0.2) is 44.9 Å². The van der Waals surface area contributed by atoms with Crippen molar-refractivity contribution in [2.24, 2.45) is 0 Å². The lowest BCUT2D eigenvalue weighted by Crippen LogP contribution is -2.01. The molecule has 0 aliphatic carbocycles. The fourth-order valence-electron chi connectivity index (χ4n) is 17.1. The highest BCUT2D eigenvalue weighted by molar-refractivity contribution is 5.98. The highest BCUT2D eigenvalue weighted by atomic mass is 15.1. The third kappa shape index (κ3) is 19.4. The minimum Gasteiger partial charge on any atom is -0.256 e. The highest BCUT2D eigenvalue weighted by Gasteiger charge is 2.23. The molecule has 17 nitrogen and oxygen atoms in total. The number of nitrogens with zero attached hydrogens (tertiary/aromatic N) is 17. The number of benzene rings is 13. The fourth-order valence-corrected chi connectivity index (χ4v) is 17.1. The van der Waals surface area contributed by atoms with Gasteiger partial charge in [-0.3, -0.25) is 39.9 Å². The zero-order valence-electron chi connectivity index (χ0n) is 75.4. The van der Waals surface area contributed by atoms with Gasteiger partial charge in [-0.2, -0.15) is 0 Å². The average molecular weight is 1800 g/mol. The molecule has 0 spiro atoms. The molecule has 658 valence electrons. The summed E-state index contributed by atoms with van der Waals surface area (Å²) in [7, 11) is 0. The lowest BCUT2D eigenvalue weighted by atomic mass is 9.99. The molecular weight excluding hydrogens is 1720 g/mol. The maximum Gasteiger partial charge on any atom is 0.164 e. The number of pyridine rings is 8.